The maximum Gasteiger partial charge on any atom is 0.303 e. The van der Waals surface area contributed by atoms with Gasteiger partial charge in [0.25, 0.3) is 0 Å². The summed E-state index contributed by atoms with van der Waals surface area (Å²) in [6.07, 6.45) is 0.654. The minimum atomic E-state index is -0.873. The predicted octanol–water partition coefficient (Wildman–Crippen LogP) is 2.91. The minimum Gasteiger partial charge on any atom is -0.495 e. The highest BCUT2D eigenvalue weighted by Gasteiger charge is 2.21. The van der Waals surface area contributed by atoms with Gasteiger partial charge in [0.2, 0.25) is 5.91 Å². The van der Waals surface area contributed by atoms with Crippen LogP contribution in [0.2, 0.25) is 5.02 Å². The molecule has 1 aromatic rings. The van der Waals surface area contributed by atoms with Gasteiger partial charge in [-0.05, 0) is 38.5 Å². The molecule has 6 nitrogen and oxygen atoms in total. The molecule has 0 bridgehead atoms. The zero-order valence-corrected chi connectivity index (χ0v) is 14.4. The van der Waals surface area contributed by atoms with Crippen molar-refractivity contribution >= 4 is 29.2 Å². The Morgan fingerprint density at radius 2 is 2.00 bits per heavy atom. The summed E-state index contributed by atoms with van der Waals surface area (Å²) >= 11 is 5.94. The van der Waals surface area contributed by atoms with Crippen molar-refractivity contribution in [2.45, 2.75) is 38.6 Å². The second kappa shape index (κ2) is 8.62. The monoisotopic (exact) mass is 342 g/mol. The molecule has 1 amide bonds. The third kappa shape index (κ3) is 7.23. The Hall–Kier alpha value is -1.95. The quantitative estimate of drug-likeness (QED) is 0.642. The summed E-state index contributed by atoms with van der Waals surface area (Å²) in [5.41, 5.74) is 0.168. The molecule has 128 valence electrons. The number of carboxylic acid groups (broad SMARTS) is 1. The number of methoxy groups -OCH3 is 1. The third-order valence-electron chi connectivity index (χ3n) is 3.27. The molecule has 0 saturated heterocycles. The van der Waals surface area contributed by atoms with E-state index in [0.717, 1.165) is 5.69 Å². The van der Waals surface area contributed by atoms with Gasteiger partial charge in [-0.25, -0.2) is 0 Å². The van der Waals surface area contributed by atoms with Crippen molar-refractivity contribution in [3.05, 3.63) is 23.2 Å². The summed E-state index contributed by atoms with van der Waals surface area (Å²) in [4.78, 5) is 22.6. The number of benzene rings is 1. The van der Waals surface area contributed by atoms with Crippen molar-refractivity contribution in [2.24, 2.45) is 0 Å². The van der Waals surface area contributed by atoms with Crippen LogP contribution in [0.5, 0.6) is 5.75 Å². The van der Waals surface area contributed by atoms with Crippen molar-refractivity contribution < 1.29 is 19.4 Å². The Labute approximate surface area is 141 Å². The molecule has 0 aliphatic carbocycles. The summed E-state index contributed by atoms with van der Waals surface area (Å²) in [6.45, 7) is 4.03. The Balaban J connectivity index is 2.45. The lowest BCUT2D eigenvalue weighted by Crippen LogP contribution is -2.44. The fourth-order valence-electron chi connectivity index (χ4n) is 2.05. The zero-order chi connectivity index (χ0) is 17.5. The van der Waals surface area contributed by atoms with Crippen LogP contribution in [-0.4, -0.2) is 36.2 Å². The van der Waals surface area contributed by atoms with Gasteiger partial charge in [-0.3, -0.25) is 9.59 Å². The normalized spacial score (nSPS) is 11.0. The number of halogens is 1. The van der Waals surface area contributed by atoms with Crippen LogP contribution in [-0.2, 0) is 9.59 Å². The van der Waals surface area contributed by atoms with Crippen LogP contribution in [0.1, 0.15) is 33.1 Å². The van der Waals surface area contributed by atoms with Gasteiger partial charge in [0.1, 0.15) is 5.75 Å². The highest BCUT2D eigenvalue weighted by molar-refractivity contribution is 6.30. The fourth-order valence-corrected chi connectivity index (χ4v) is 2.22. The molecule has 0 aliphatic rings. The molecule has 0 heterocycles. The van der Waals surface area contributed by atoms with Crippen LogP contribution in [0.25, 0.3) is 0 Å². The molecule has 0 aliphatic heterocycles. The molecular formula is C16H23ClN2O4. The van der Waals surface area contributed by atoms with Gasteiger partial charge in [0.05, 0.1) is 12.8 Å². The molecule has 0 saturated carbocycles. The second-order valence-electron chi connectivity index (χ2n) is 5.85. The molecule has 0 radical (unpaired) electrons. The first-order valence-corrected chi connectivity index (χ1v) is 7.71. The smallest absolute Gasteiger partial charge is 0.303 e. The van der Waals surface area contributed by atoms with Crippen LogP contribution in [0, 0.1) is 0 Å². The van der Waals surface area contributed by atoms with Crippen molar-refractivity contribution in [1.29, 1.82) is 0 Å². The summed E-state index contributed by atoms with van der Waals surface area (Å²) < 4.78 is 5.22. The topological polar surface area (TPSA) is 87.7 Å². The van der Waals surface area contributed by atoms with Crippen molar-refractivity contribution in [1.82, 2.24) is 5.32 Å². The molecule has 0 fully saturated rings. The molecule has 3 N–H and O–H groups in total. The van der Waals surface area contributed by atoms with E-state index in [2.05, 4.69) is 10.6 Å². The van der Waals surface area contributed by atoms with Crippen LogP contribution >= 0.6 is 11.6 Å². The average Bonchev–Trinajstić information content (AvgIpc) is 2.45. The number of carbonyl (C=O) groups excluding carboxylic acids is 1. The van der Waals surface area contributed by atoms with Gasteiger partial charge in [-0.2, -0.15) is 0 Å². The van der Waals surface area contributed by atoms with E-state index in [-0.39, 0.29) is 18.7 Å². The molecule has 0 spiro atoms. The van der Waals surface area contributed by atoms with Gasteiger partial charge < -0.3 is 20.5 Å². The molecule has 1 aromatic carbocycles. The number of aliphatic carboxylic acids is 1. The van der Waals surface area contributed by atoms with Crippen LogP contribution in [0.4, 0.5) is 5.69 Å². The first kappa shape index (κ1) is 19.1. The van der Waals surface area contributed by atoms with E-state index in [4.69, 9.17) is 21.4 Å². The van der Waals surface area contributed by atoms with Crippen molar-refractivity contribution in [3.63, 3.8) is 0 Å². The summed E-state index contributed by atoms with van der Waals surface area (Å²) in [5, 5.41) is 15.2. The number of carbonyl (C=O) groups is 2. The number of amides is 1. The molecular weight excluding hydrogens is 320 g/mol. The number of hydrogen-bond donors (Lipinski definition) is 3. The fraction of sp³-hybridized carbons (Fsp3) is 0.500. The van der Waals surface area contributed by atoms with E-state index in [9.17, 15) is 9.59 Å². The Morgan fingerprint density at radius 1 is 1.30 bits per heavy atom. The third-order valence-corrected chi connectivity index (χ3v) is 3.51. The Kier molecular flexibility index (Phi) is 7.16. The van der Waals surface area contributed by atoms with Crippen molar-refractivity contribution in [3.8, 4) is 5.75 Å². The maximum absolute atomic E-state index is 12.0. The average molecular weight is 343 g/mol. The summed E-state index contributed by atoms with van der Waals surface area (Å²) in [7, 11) is 1.56. The number of hydrogen-bond acceptors (Lipinski definition) is 4. The zero-order valence-electron chi connectivity index (χ0n) is 13.6. The lowest BCUT2D eigenvalue weighted by molar-refractivity contribution is -0.137. The number of rotatable bonds is 9. The first-order chi connectivity index (χ1) is 10.7. The van der Waals surface area contributed by atoms with E-state index in [1.54, 1.807) is 39.2 Å². The SMILES string of the molecule is COc1ccc(Cl)cc1NCCC(=O)NC(C)(C)CCC(=O)O. The van der Waals surface area contributed by atoms with Crippen LogP contribution < -0.4 is 15.4 Å². The molecule has 7 heteroatoms. The number of anilines is 1. The predicted molar refractivity (Wildman–Crippen MR) is 90.2 cm³/mol. The van der Waals surface area contributed by atoms with E-state index in [1.807, 2.05) is 0 Å². The molecule has 1 rings (SSSR count). The number of carboxylic acids is 1. The minimum absolute atomic E-state index is 0.0191. The molecule has 0 unspecified atom stereocenters. The van der Waals surface area contributed by atoms with E-state index in [0.29, 0.717) is 23.7 Å². The van der Waals surface area contributed by atoms with E-state index in [1.165, 1.54) is 0 Å². The van der Waals surface area contributed by atoms with E-state index < -0.39 is 11.5 Å². The van der Waals surface area contributed by atoms with Gasteiger partial charge in [0.15, 0.2) is 0 Å². The first-order valence-electron chi connectivity index (χ1n) is 7.34. The summed E-state index contributed by atoms with van der Waals surface area (Å²) in [5.74, 6) is -0.368. The van der Waals surface area contributed by atoms with Gasteiger partial charge in [-0.1, -0.05) is 11.6 Å². The second-order valence-corrected chi connectivity index (χ2v) is 6.28. The maximum atomic E-state index is 12.0. The lowest BCUT2D eigenvalue weighted by Gasteiger charge is -2.25. The molecule has 0 aromatic heterocycles. The van der Waals surface area contributed by atoms with Crippen molar-refractivity contribution in [2.75, 3.05) is 19.0 Å². The molecule has 23 heavy (non-hydrogen) atoms. The van der Waals surface area contributed by atoms with Gasteiger partial charge in [0, 0.05) is 29.9 Å². The van der Waals surface area contributed by atoms with Crippen LogP contribution in [0.3, 0.4) is 0 Å². The Morgan fingerprint density at radius 3 is 2.61 bits per heavy atom. The number of ether oxygens (including phenoxy) is 1. The summed E-state index contributed by atoms with van der Waals surface area (Å²) in [6, 6.07) is 5.21. The highest BCUT2D eigenvalue weighted by atomic mass is 35.5. The number of nitrogens with one attached hydrogen (secondary N) is 2. The van der Waals surface area contributed by atoms with Gasteiger partial charge in [-0.15, -0.1) is 0 Å². The largest absolute Gasteiger partial charge is 0.495 e. The van der Waals surface area contributed by atoms with Crippen LogP contribution in [0.15, 0.2) is 18.2 Å². The van der Waals surface area contributed by atoms with E-state index >= 15 is 0 Å². The molecule has 0 atom stereocenters. The standard InChI is InChI=1S/C16H23ClN2O4/c1-16(2,8-6-15(21)22)19-14(20)7-9-18-12-10-11(17)4-5-13(12)23-3/h4-5,10,18H,6-9H2,1-3H3,(H,19,20)(H,21,22). The van der Waals surface area contributed by atoms with Gasteiger partial charge >= 0.3 is 5.97 Å². The highest BCUT2D eigenvalue weighted by Crippen LogP contribution is 2.27. The lowest BCUT2D eigenvalue weighted by atomic mass is 9.98. The Bertz CT molecular complexity index is 561.